The molecule has 0 saturated heterocycles. The van der Waals surface area contributed by atoms with Gasteiger partial charge in [0.25, 0.3) is 10.1 Å². The van der Waals surface area contributed by atoms with Gasteiger partial charge in [0.1, 0.15) is 24.2 Å². The van der Waals surface area contributed by atoms with Crippen LogP contribution in [0.1, 0.15) is 25.4 Å². The van der Waals surface area contributed by atoms with E-state index in [1.54, 1.807) is 13.8 Å². The van der Waals surface area contributed by atoms with Crippen molar-refractivity contribution in [3.8, 4) is 0 Å². The van der Waals surface area contributed by atoms with Crippen LogP contribution in [-0.2, 0) is 31.2 Å². The maximum absolute atomic E-state index is 10.8. The first kappa shape index (κ1) is 13.1. The van der Waals surface area contributed by atoms with Crippen molar-refractivity contribution in [3.63, 3.8) is 0 Å². The van der Waals surface area contributed by atoms with Crippen LogP contribution in [0.15, 0.2) is 10.7 Å². The van der Waals surface area contributed by atoms with Gasteiger partial charge in [-0.05, 0) is 13.8 Å². The Morgan fingerprint density at radius 1 is 1.50 bits per heavy atom. The molecule has 0 unspecified atom stereocenters. The topological polar surface area (TPSA) is 78.6 Å². The molecule has 1 aromatic rings. The highest BCUT2D eigenvalue weighted by molar-refractivity contribution is 7.85. The van der Waals surface area contributed by atoms with Gasteiger partial charge in [0.15, 0.2) is 0 Å². The van der Waals surface area contributed by atoms with Crippen LogP contribution in [0.5, 0.6) is 0 Å². The van der Waals surface area contributed by atoms with Crippen molar-refractivity contribution in [2.45, 2.75) is 26.1 Å². The first-order chi connectivity index (χ1) is 7.24. The number of aromatic nitrogens is 1. The molecule has 0 amide bonds. The zero-order valence-electron chi connectivity index (χ0n) is 9.68. The van der Waals surface area contributed by atoms with E-state index in [1.807, 2.05) is 0 Å². The molecule has 0 atom stereocenters. The second-order valence-electron chi connectivity index (χ2n) is 3.82. The van der Waals surface area contributed by atoms with Crippen molar-refractivity contribution < 1.29 is 21.8 Å². The standard InChI is InChI=1S/C9H15NO5S/c1-9(2,13-3)8-10-7(5-14-8)6-15-16(4,11)12/h5H,6H2,1-4H3. The van der Waals surface area contributed by atoms with Gasteiger partial charge < -0.3 is 9.15 Å². The van der Waals surface area contributed by atoms with Gasteiger partial charge in [0.05, 0.1) is 6.26 Å². The monoisotopic (exact) mass is 249 g/mol. The molecule has 0 spiro atoms. The van der Waals surface area contributed by atoms with E-state index in [4.69, 9.17) is 9.15 Å². The second kappa shape index (κ2) is 4.52. The molecular weight excluding hydrogens is 234 g/mol. The summed E-state index contributed by atoms with van der Waals surface area (Å²) < 4.78 is 36.4. The summed E-state index contributed by atoms with van der Waals surface area (Å²) in [5.41, 5.74) is -0.242. The van der Waals surface area contributed by atoms with Crippen LogP contribution in [0.25, 0.3) is 0 Å². The third-order valence-electron chi connectivity index (χ3n) is 2.00. The van der Waals surface area contributed by atoms with Crippen LogP contribution in [0.4, 0.5) is 0 Å². The van der Waals surface area contributed by atoms with Crippen LogP contribution < -0.4 is 0 Å². The molecule has 0 aliphatic heterocycles. The van der Waals surface area contributed by atoms with Gasteiger partial charge in [0.2, 0.25) is 5.89 Å². The van der Waals surface area contributed by atoms with Gasteiger partial charge in [-0.1, -0.05) is 0 Å². The molecule has 16 heavy (non-hydrogen) atoms. The minimum absolute atomic E-state index is 0.137. The van der Waals surface area contributed by atoms with Crippen LogP contribution in [0, 0.1) is 0 Å². The van der Waals surface area contributed by atoms with E-state index in [1.165, 1.54) is 13.4 Å². The Balaban J connectivity index is 2.73. The Morgan fingerprint density at radius 2 is 2.12 bits per heavy atom. The number of hydrogen-bond acceptors (Lipinski definition) is 6. The predicted molar refractivity (Wildman–Crippen MR) is 56.2 cm³/mol. The van der Waals surface area contributed by atoms with Crippen LogP contribution in [0.3, 0.4) is 0 Å². The van der Waals surface area contributed by atoms with E-state index >= 15 is 0 Å². The van der Waals surface area contributed by atoms with Crippen molar-refractivity contribution in [2.75, 3.05) is 13.4 Å². The molecule has 6 nitrogen and oxygen atoms in total. The summed E-state index contributed by atoms with van der Waals surface area (Å²) >= 11 is 0. The summed E-state index contributed by atoms with van der Waals surface area (Å²) in [6, 6.07) is 0. The Bertz CT molecular complexity index is 448. The molecule has 1 heterocycles. The third-order valence-corrected chi connectivity index (χ3v) is 2.54. The highest BCUT2D eigenvalue weighted by Crippen LogP contribution is 2.22. The van der Waals surface area contributed by atoms with E-state index < -0.39 is 15.7 Å². The molecule has 7 heteroatoms. The fraction of sp³-hybridized carbons (Fsp3) is 0.667. The summed E-state index contributed by atoms with van der Waals surface area (Å²) in [6.45, 7) is 3.45. The van der Waals surface area contributed by atoms with Crippen LogP contribution in [-0.4, -0.2) is 26.8 Å². The molecule has 1 rings (SSSR count). The number of oxazole rings is 1. The quantitative estimate of drug-likeness (QED) is 0.725. The Hall–Kier alpha value is -0.920. The SMILES string of the molecule is COC(C)(C)c1nc(COS(C)(=O)=O)co1. The zero-order chi connectivity index (χ0) is 12.4. The van der Waals surface area contributed by atoms with Crippen LogP contribution in [0.2, 0.25) is 0 Å². The Labute approximate surface area is 94.7 Å². The van der Waals surface area contributed by atoms with Gasteiger partial charge in [-0.2, -0.15) is 8.42 Å². The van der Waals surface area contributed by atoms with Crippen molar-refractivity contribution >= 4 is 10.1 Å². The van der Waals surface area contributed by atoms with E-state index in [0.717, 1.165) is 6.26 Å². The molecule has 0 radical (unpaired) electrons. The summed E-state index contributed by atoms with van der Waals surface area (Å²) in [4.78, 5) is 4.07. The van der Waals surface area contributed by atoms with Crippen molar-refractivity contribution in [1.82, 2.24) is 4.98 Å². The molecule has 0 aliphatic carbocycles. The molecule has 0 aromatic carbocycles. The van der Waals surface area contributed by atoms with Crippen molar-refractivity contribution in [3.05, 3.63) is 17.8 Å². The minimum atomic E-state index is -3.47. The Morgan fingerprint density at radius 3 is 2.62 bits per heavy atom. The average molecular weight is 249 g/mol. The Kier molecular flexibility index (Phi) is 3.72. The van der Waals surface area contributed by atoms with Gasteiger partial charge in [-0.15, -0.1) is 0 Å². The second-order valence-corrected chi connectivity index (χ2v) is 5.47. The van der Waals surface area contributed by atoms with E-state index in [2.05, 4.69) is 9.17 Å². The first-order valence-electron chi connectivity index (χ1n) is 4.59. The average Bonchev–Trinajstić information content (AvgIpc) is 2.62. The maximum Gasteiger partial charge on any atom is 0.264 e. The van der Waals surface area contributed by atoms with E-state index in [0.29, 0.717) is 11.6 Å². The smallest absolute Gasteiger partial charge is 0.264 e. The van der Waals surface area contributed by atoms with E-state index in [9.17, 15) is 8.42 Å². The number of ether oxygens (including phenoxy) is 1. The zero-order valence-corrected chi connectivity index (χ0v) is 10.5. The number of hydrogen-bond donors (Lipinski definition) is 0. The predicted octanol–water partition coefficient (Wildman–Crippen LogP) is 1.03. The maximum atomic E-state index is 10.8. The fourth-order valence-electron chi connectivity index (χ4n) is 0.905. The van der Waals surface area contributed by atoms with Crippen molar-refractivity contribution in [1.29, 1.82) is 0 Å². The van der Waals surface area contributed by atoms with Gasteiger partial charge in [-0.3, -0.25) is 4.18 Å². The number of rotatable bonds is 5. The fourth-order valence-corrected chi connectivity index (χ4v) is 1.24. The normalized spacial score (nSPS) is 13.0. The van der Waals surface area contributed by atoms with Crippen LogP contribution >= 0.6 is 0 Å². The first-order valence-corrected chi connectivity index (χ1v) is 6.41. The summed E-state index contributed by atoms with van der Waals surface area (Å²) in [7, 11) is -1.93. The molecule has 0 N–H and O–H groups in total. The highest BCUT2D eigenvalue weighted by Gasteiger charge is 2.25. The van der Waals surface area contributed by atoms with Gasteiger partial charge >= 0.3 is 0 Å². The van der Waals surface area contributed by atoms with Crippen molar-refractivity contribution in [2.24, 2.45) is 0 Å². The van der Waals surface area contributed by atoms with E-state index in [-0.39, 0.29) is 6.61 Å². The summed E-state index contributed by atoms with van der Waals surface area (Å²) in [6.07, 6.45) is 2.33. The number of nitrogens with zero attached hydrogens (tertiary/aromatic N) is 1. The largest absolute Gasteiger partial charge is 0.446 e. The molecular formula is C9H15NO5S. The molecule has 1 aromatic heterocycles. The summed E-state index contributed by atoms with van der Waals surface area (Å²) in [5.74, 6) is 0.377. The lowest BCUT2D eigenvalue weighted by Gasteiger charge is -2.17. The minimum Gasteiger partial charge on any atom is -0.446 e. The highest BCUT2D eigenvalue weighted by atomic mass is 32.2. The van der Waals surface area contributed by atoms with Gasteiger partial charge in [-0.25, -0.2) is 4.98 Å². The summed E-state index contributed by atoms with van der Waals surface area (Å²) in [5, 5.41) is 0. The molecule has 0 fully saturated rings. The number of methoxy groups -OCH3 is 1. The molecule has 92 valence electrons. The van der Waals surface area contributed by atoms with Gasteiger partial charge in [0, 0.05) is 7.11 Å². The molecule has 0 aliphatic rings. The molecule has 0 bridgehead atoms. The molecule has 0 saturated carbocycles. The lowest BCUT2D eigenvalue weighted by molar-refractivity contribution is -0.00371. The third kappa shape index (κ3) is 3.58. The lowest BCUT2D eigenvalue weighted by Crippen LogP contribution is -2.19. The lowest BCUT2D eigenvalue weighted by atomic mass is 10.1.